The number of amides is 1. The van der Waals surface area contributed by atoms with Crippen molar-refractivity contribution in [1.82, 2.24) is 4.90 Å². The summed E-state index contributed by atoms with van der Waals surface area (Å²) in [5, 5.41) is 11.2. The molecule has 1 saturated heterocycles. The van der Waals surface area contributed by atoms with Gasteiger partial charge in [-0.2, -0.15) is 4.73 Å². The number of nitrogens with zero attached hydrogens (tertiary/aromatic N) is 2. The maximum atomic E-state index is 12.8. The molecule has 0 spiro atoms. The fourth-order valence-electron chi connectivity index (χ4n) is 3.75. The van der Waals surface area contributed by atoms with Gasteiger partial charge in [-0.1, -0.05) is 12.1 Å². The van der Waals surface area contributed by atoms with E-state index in [1.807, 2.05) is 24.3 Å². The Morgan fingerprint density at radius 3 is 2.28 bits per heavy atom. The first-order chi connectivity index (χ1) is 14.0. The van der Waals surface area contributed by atoms with Crippen molar-refractivity contribution in [2.75, 3.05) is 26.8 Å². The van der Waals surface area contributed by atoms with E-state index in [0.29, 0.717) is 49.3 Å². The number of rotatable bonds is 6. The summed E-state index contributed by atoms with van der Waals surface area (Å²) in [5.74, 6) is 0.421. The van der Waals surface area contributed by atoms with Crippen molar-refractivity contribution in [1.29, 1.82) is 0 Å². The second-order valence-corrected chi connectivity index (χ2v) is 7.26. The Bertz CT molecular complexity index is 841. The highest BCUT2D eigenvalue weighted by atomic mass is 16.5. The molecule has 0 unspecified atom stereocenters. The number of aromatic nitrogens is 1. The predicted molar refractivity (Wildman–Crippen MR) is 106 cm³/mol. The van der Waals surface area contributed by atoms with E-state index in [-0.39, 0.29) is 11.9 Å². The molecule has 0 atom stereocenters. The average Bonchev–Trinajstić information content (AvgIpc) is 2.75. The fourth-order valence-corrected chi connectivity index (χ4v) is 3.75. The summed E-state index contributed by atoms with van der Waals surface area (Å²) in [5.41, 5.74) is 0.841. The molecule has 7 heteroatoms. The van der Waals surface area contributed by atoms with Gasteiger partial charge >= 0.3 is 5.97 Å². The Hall–Kier alpha value is -3.09. The van der Waals surface area contributed by atoms with Crippen molar-refractivity contribution < 1.29 is 23.8 Å². The van der Waals surface area contributed by atoms with Crippen LogP contribution in [0.3, 0.4) is 0 Å². The molecule has 0 radical (unpaired) electrons. The zero-order valence-corrected chi connectivity index (χ0v) is 16.8. The lowest BCUT2D eigenvalue weighted by Gasteiger charge is -2.40. The van der Waals surface area contributed by atoms with Crippen molar-refractivity contribution >= 4 is 11.9 Å². The summed E-state index contributed by atoms with van der Waals surface area (Å²) < 4.78 is 11.2. The molecule has 1 amide bonds. The molecule has 0 saturated carbocycles. The monoisotopic (exact) mass is 398 g/mol. The highest BCUT2D eigenvalue weighted by molar-refractivity contribution is 5.94. The maximum Gasteiger partial charge on any atom is 0.312 e. The second kappa shape index (κ2) is 8.94. The number of piperidine rings is 1. The number of ether oxygens (including phenoxy) is 2. The summed E-state index contributed by atoms with van der Waals surface area (Å²) >= 11 is 0. The Balaban J connectivity index is 1.74. The summed E-state index contributed by atoms with van der Waals surface area (Å²) in [6.45, 7) is 3.04. The average molecular weight is 398 g/mol. The van der Waals surface area contributed by atoms with Crippen molar-refractivity contribution in [3.05, 3.63) is 65.1 Å². The smallest absolute Gasteiger partial charge is 0.312 e. The van der Waals surface area contributed by atoms with Gasteiger partial charge in [0.2, 0.25) is 0 Å². The lowest BCUT2D eigenvalue weighted by molar-refractivity contribution is -0.605. The molecule has 1 aromatic carbocycles. The third-order valence-electron chi connectivity index (χ3n) is 5.47. The fraction of sp³-hybridized carbons (Fsp3) is 0.409. The van der Waals surface area contributed by atoms with Gasteiger partial charge in [0, 0.05) is 25.2 Å². The van der Waals surface area contributed by atoms with Crippen LogP contribution in [0.15, 0.2) is 48.8 Å². The molecule has 7 nitrogen and oxygen atoms in total. The molecule has 0 aliphatic carbocycles. The number of carbonyl (C=O) groups is 2. The molecule has 29 heavy (non-hydrogen) atoms. The van der Waals surface area contributed by atoms with E-state index in [9.17, 15) is 14.8 Å². The van der Waals surface area contributed by atoms with Crippen LogP contribution in [0.4, 0.5) is 0 Å². The van der Waals surface area contributed by atoms with E-state index in [1.54, 1.807) is 18.9 Å². The molecule has 2 heterocycles. The lowest BCUT2D eigenvalue weighted by Crippen LogP contribution is -2.48. The van der Waals surface area contributed by atoms with E-state index in [0.717, 1.165) is 11.3 Å². The van der Waals surface area contributed by atoms with Crippen LogP contribution < -0.4 is 9.47 Å². The van der Waals surface area contributed by atoms with Gasteiger partial charge in [0.05, 0.1) is 24.7 Å². The van der Waals surface area contributed by atoms with Crippen LogP contribution in [0.5, 0.6) is 5.75 Å². The number of pyridine rings is 1. The first kappa shape index (κ1) is 20.6. The summed E-state index contributed by atoms with van der Waals surface area (Å²) in [4.78, 5) is 27.3. The van der Waals surface area contributed by atoms with E-state index in [1.165, 1.54) is 24.5 Å². The van der Waals surface area contributed by atoms with Gasteiger partial charge < -0.3 is 19.6 Å². The van der Waals surface area contributed by atoms with Crippen molar-refractivity contribution in [3.63, 3.8) is 0 Å². The minimum atomic E-state index is -0.657. The van der Waals surface area contributed by atoms with E-state index in [4.69, 9.17) is 9.47 Å². The number of carbonyl (C=O) groups excluding carboxylic acids is 2. The Morgan fingerprint density at radius 2 is 1.72 bits per heavy atom. The van der Waals surface area contributed by atoms with Crippen molar-refractivity contribution in [2.45, 2.75) is 26.2 Å². The van der Waals surface area contributed by atoms with Crippen LogP contribution in [-0.4, -0.2) is 43.6 Å². The van der Waals surface area contributed by atoms with Crippen LogP contribution in [0, 0.1) is 10.6 Å². The normalized spacial score (nSPS) is 15.6. The van der Waals surface area contributed by atoms with Crippen molar-refractivity contribution in [2.24, 2.45) is 5.41 Å². The number of esters is 1. The molecule has 1 fully saturated rings. The van der Waals surface area contributed by atoms with Gasteiger partial charge in [0.1, 0.15) is 5.75 Å². The van der Waals surface area contributed by atoms with Crippen LogP contribution in [0.2, 0.25) is 0 Å². The number of hydrogen-bond acceptors (Lipinski definition) is 5. The number of likely N-dealkylation sites (tertiary alicyclic amines) is 1. The van der Waals surface area contributed by atoms with Gasteiger partial charge in [0.25, 0.3) is 5.91 Å². The van der Waals surface area contributed by atoms with E-state index >= 15 is 0 Å². The van der Waals surface area contributed by atoms with Gasteiger partial charge in [-0.05, 0) is 43.9 Å². The summed E-state index contributed by atoms with van der Waals surface area (Å²) in [6.07, 6.45) is 4.23. The van der Waals surface area contributed by atoms with Crippen molar-refractivity contribution in [3.8, 4) is 5.75 Å². The minimum Gasteiger partial charge on any atom is -0.619 e. The van der Waals surface area contributed by atoms with Gasteiger partial charge in [-0.3, -0.25) is 9.59 Å². The van der Waals surface area contributed by atoms with E-state index in [2.05, 4.69) is 0 Å². The molecule has 3 rings (SSSR count). The highest BCUT2D eigenvalue weighted by Crippen LogP contribution is 2.37. The molecule has 154 valence electrons. The standard InChI is InChI=1S/C22H26N2O5/c1-3-29-21(26)22(16-17-4-6-19(28-2)7-5-17)10-14-23(15-11-22)20(25)18-8-12-24(27)13-9-18/h4-9,12-13H,3,10-11,14-16H2,1-2H3. The first-order valence-electron chi connectivity index (χ1n) is 9.76. The maximum absolute atomic E-state index is 12.8. The second-order valence-electron chi connectivity index (χ2n) is 7.26. The molecule has 1 aliphatic heterocycles. The third-order valence-corrected chi connectivity index (χ3v) is 5.47. The van der Waals surface area contributed by atoms with Crippen LogP contribution in [-0.2, 0) is 16.0 Å². The Labute approximate surface area is 170 Å². The number of methoxy groups -OCH3 is 1. The van der Waals surface area contributed by atoms with Crippen LogP contribution >= 0.6 is 0 Å². The lowest BCUT2D eigenvalue weighted by atomic mass is 9.73. The summed E-state index contributed by atoms with van der Waals surface area (Å²) in [7, 11) is 1.62. The van der Waals surface area contributed by atoms with Crippen LogP contribution in [0.25, 0.3) is 0 Å². The summed E-state index contributed by atoms with van der Waals surface area (Å²) in [6, 6.07) is 10.7. The minimum absolute atomic E-state index is 0.132. The quantitative estimate of drug-likeness (QED) is 0.424. The molecule has 1 aliphatic rings. The SMILES string of the molecule is CCOC(=O)C1(Cc2ccc(OC)cc2)CCN(C(=O)c2cc[n+]([O-])cc2)CC1. The van der Waals surface area contributed by atoms with E-state index < -0.39 is 5.41 Å². The first-order valence-corrected chi connectivity index (χ1v) is 9.76. The largest absolute Gasteiger partial charge is 0.619 e. The number of hydrogen-bond donors (Lipinski definition) is 0. The van der Waals surface area contributed by atoms with Gasteiger partial charge in [-0.25, -0.2) is 0 Å². The third kappa shape index (κ3) is 4.67. The Morgan fingerprint density at radius 1 is 1.10 bits per heavy atom. The Kier molecular flexibility index (Phi) is 6.36. The highest BCUT2D eigenvalue weighted by Gasteiger charge is 2.43. The molecule has 0 bridgehead atoms. The predicted octanol–water partition coefficient (Wildman–Crippen LogP) is 2.36. The molecule has 2 aromatic rings. The topological polar surface area (TPSA) is 82.8 Å². The molecular weight excluding hydrogens is 372 g/mol. The zero-order chi connectivity index (χ0) is 20.9. The molecular formula is C22H26N2O5. The zero-order valence-electron chi connectivity index (χ0n) is 16.8. The van der Waals surface area contributed by atoms with Crippen LogP contribution in [0.1, 0.15) is 35.7 Å². The van der Waals surface area contributed by atoms with Gasteiger partial charge in [0.15, 0.2) is 12.4 Å². The molecule has 0 N–H and O–H groups in total. The number of benzene rings is 1. The molecule has 1 aromatic heterocycles. The van der Waals surface area contributed by atoms with Gasteiger partial charge in [-0.15, -0.1) is 0 Å².